The van der Waals surface area contributed by atoms with Crippen molar-refractivity contribution >= 4 is 15.9 Å². The van der Waals surface area contributed by atoms with Crippen LogP contribution in [0.5, 0.6) is 0 Å². The molecule has 0 saturated heterocycles. The standard InChI is InChI=1S/C14H21BrFN/c1-4-10(2)7-11(3)17-9-12-5-6-13(15)8-14(12)16/h5-6,8,10-11,17H,4,7,9H2,1-3H3. The fraction of sp³-hybridized carbons (Fsp3) is 0.571. The molecule has 1 aromatic carbocycles. The van der Waals surface area contributed by atoms with Crippen molar-refractivity contribution in [3.05, 3.63) is 34.1 Å². The van der Waals surface area contributed by atoms with E-state index in [2.05, 4.69) is 42.0 Å². The first-order valence-electron chi connectivity index (χ1n) is 6.20. The number of benzene rings is 1. The number of rotatable bonds is 6. The molecular formula is C14H21BrFN. The second-order valence-corrected chi connectivity index (χ2v) is 5.68. The molecule has 1 N–H and O–H groups in total. The van der Waals surface area contributed by atoms with Gasteiger partial charge >= 0.3 is 0 Å². The van der Waals surface area contributed by atoms with Gasteiger partial charge in [-0.3, -0.25) is 0 Å². The van der Waals surface area contributed by atoms with Crippen LogP contribution in [-0.2, 0) is 6.54 Å². The monoisotopic (exact) mass is 301 g/mol. The first-order valence-corrected chi connectivity index (χ1v) is 6.99. The van der Waals surface area contributed by atoms with Crippen molar-refractivity contribution in [1.82, 2.24) is 5.32 Å². The lowest BCUT2D eigenvalue weighted by molar-refractivity contribution is 0.409. The minimum Gasteiger partial charge on any atom is -0.310 e. The molecule has 0 fully saturated rings. The van der Waals surface area contributed by atoms with Gasteiger partial charge in [-0.1, -0.05) is 42.3 Å². The van der Waals surface area contributed by atoms with Crippen LogP contribution in [0.1, 0.15) is 39.2 Å². The summed E-state index contributed by atoms with van der Waals surface area (Å²) >= 11 is 3.26. The van der Waals surface area contributed by atoms with Crippen LogP contribution >= 0.6 is 15.9 Å². The van der Waals surface area contributed by atoms with Crippen LogP contribution in [0.2, 0.25) is 0 Å². The molecule has 1 nitrogen and oxygen atoms in total. The van der Waals surface area contributed by atoms with Gasteiger partial charge < -0.3 is 5.32 Å². The van der Waals surface area contributed by atoms with Gasteiger partial charge in [0.25, 0.3) is 0 Å². The van der Waals surface area contributed by atoms with Crippen LogP contribution in [0.15, 0.2) is 22.7 Å². The summed E-state index contributed by atoms with van der Waals surface area (Å²) in [5.41, 5.74) is 0.726. The average Bonchev–Trinajstić information content (AvgIpc) is 2.27. The predicted octanol–water partition coefficient (Wildman–Crippen LogP) is 4.50. The van der Waals surface area contributed by atoms with Crippen molar-refractivity contribution in [2.24, 2.45) is 5.92 Å². The van der Waals surface area contributed by atoms with E-state index in [0.717, 1.165) is 16.5 Å². The lowest BCUT2D eigenvalue weighted by Crippen LogP contribution is -2.27. The Morgan fingerprint density at radius 3 is 2.65 bits per heavy atom. The molecule has 0 spiro atoms. The molecule has 2 atom stereocenters. The summed E-state index contributed by atoms with van der Waals surface area (Å²) in [5, 5.41) is 3.37. The Morgan fingerprint density at radius 2 is 2.06 bits per heavy atom. The van der Waals surface area contributed by atoms with E-state index in [1.54, 1.807) is 0 Å². The number of halogens is 2. The van der Waals surface area contributed by atoms with Crippen molar-refractivity contribution in [3.8, 4) is 0 Å². The van der Waals surface area contributed by atoms with Gasteiger partial charge in [-0.15, -0.1) is 0 Å². The molecule has 0 aliphatic carbocycles. The van der Waals surface area contributed by atoms with Crippen molar-refractivity contribution < 1.29 is 4.39 Å². The maximum absolute atomic E-state index is 13.6. The van der Waals surface area contributed by atoms with E-state index in [1.165, 1.54) is 12.5 Å². The third-order valence-electron chi connectivity index (χ3n) is 3.11. The highest BCUT2D eigenvalue weighted by Gasteiger charge is 2.08. The Kier molecular flexibility index (Phi) is 6.14. The Balaban J connectivity index is 2.44. The van der Waals surface area contributed by atoms with E-state index in [4.69, 9.17) is 0 Å². The first-order chi connectivity index (χ1) is 8.02. The Hall–Kier alpha value is -0.410. The predicted molar refractivity (Wildman–Crippen MR) is 74.5 cm³/mol. The molecule has 0 aliphatic rings. The number of hydrogen-bond donors (Lipinski definition) is 1. The summed E-state index contributed by atoms with van der Waals surface area (Å²) in [4.78, 5) is 0. The van der Waals surface area contributed by atoms with Gasteiger partial charge in [0, 0.05) is 22.6 Å². The summed E-state index contributed by atoms with van der Waals surface area (Å²) in [6, 6.07) is 5.63. The van der Waals surface area contributed by atoms with Gasteiger partial charge in [0.15, 0.2) is 0 Å². The highest BCUT2D eigenvalue weighted by atomic mass is 79.9. The van der Waals surface area contributed by atoms with E-state index in [0.29, 0.717) is 18.5 Å². The van der Waals surface area contributed by atoms with Crippen LogP contribution < -0.4 is 5.32 Å². The summed E-state index contributed by atoms with van der Waals surface area (Å²) < 4.78 is 14.3. The molecule has 17 heavy (non-hydrogen) atoms. The summed E-state index contributed by atoms with van der Waals surface area (Å²) in [6.07, 6.45) is 2.33. The smallest absolute Gasteiger partial charge is 0.128 e. The Labute approximate surface area is 112 Å². The first kappa shape index (κ1) is 14.7. The van der Waals surface area contributed by atoms with Crippen LogP contribution in [0.4, 0.5) is 4.39 Å². The van der Waals surface area contributed by atoms with Gasteiger partial charge in [-0.2, -0.15) is 0 Å². The number of hydrogen-bond acceptors (Lipinski definition) is 1. The zero-order valence-corrected chi connectivity index (χ0v) is 12.3. The van der Waals surface area contributed by atoms with Crippen LogP contribution in [0.25, 0.3) is 0 Å². The molecule has 0 bridgehead atoms. The van der Waals surface area contributed by atoms with Crippen LogP contribution in [0, 0.1) is 11.7 Å². The summed E-state index contributed by atoms with van der Waals surface area (Å²) in [5.74, 6) is 0.565. The molecule has 3 heteroatoms. The molecule has 96 valence electrons. The second kappa shape index (κ2) is 7.12. The molecule has 1 aromatic rings. The normalized spacial score (nSPS) is 14.6. The van der Waals surface area contributed by atoms with Gasteiger partial charge in [0.05, 0.1) is 0 Å². The van der Waals surface area contributed by atoms with Crippen molar-refractivity contribution in [1.29, 1.82) is 0 Å². The summed E-state index contributed by atoms with van der Waals surface area (Å²) in [7, 11) is 0. The molecule has 0 radical (unpaired) electrons. The van der Waals surface area contributed by atoms with Crippen LogP contribution in [0.3, 0.4) is 0 Å². The minimum atomic E-state index is -0.150. The zero-order chi connectivity index (χ0) is 12.8. The molecule has 1 rings (SSSR count). The molecule has 0 amide bonds. The van der Waals surface area contributed by atoms with E-state index >= 15 is 0 Å². The third kappa shape index (κ3) is 5.17. The quantitative estimate of drug-likeness (QED) is 0.815. The van der Waals surface area contributed by atoms with E-state index in [1.807, 2.05) is 12.1 Å². The van der Waals surface area contributed by atoms with E-state index < -0.39 is 0 Å². The maximum atomic E-state index is 13.6. The van der Waals surface area contributed by atoms with Gasteiger partial charge in [-0.05, 0) is 31.4 Å². The lowest BCUT2D eigenvalue weighted by atomic mass is 10.0. The fourth-order valence-corrected chi connectivity index (χ4v) is 2.14. The molecular weight excluding hydrogens is 281 g/mol. The topological polar surface area (TPSA) is 12.0 Å². The van der Waals surface area contributed by atoms with E-state index in [9.17, 15) is 4.39 Å². The maximum Gasteiger partial charge on any atom is 0.128 e. The SMILES string of the molecule is CCC(C)CC(C)NCc1ccc(Br)cc1F. The van der Waals surface area contributed by atoms with Crippen molar-refractivity contribution in [2.75, 3.05) is 0 Å². The molecule has 0 heterocycles. The summed E-state index contributed by atoms with van der Waals surface area (Å²) in [6.45, 7) is 7.20. The fourth-order valence-electron chi connectivity index (χ4n) is 1.80. The molecule has 0 aliphatic heterocycles. The van der Waals surface area contributed by atoms with Crippen molar-refractivity contribution in [3.63, 3.8) is 0 Å². The highest BCUT2D eigenvalue weighted by Crippen LogP contribution is 2.16. The zero-order valence-electron chi connectivity index (χ0n) is 10.8. The van der Waals surface area contributed by atoms with E-state index in [-0.39, 0.29) is 5.82 Å². The van der Waals surface area contributed by atoms with Gasteiger partial charge in [0.1, 0.15) is 5.82 Å². The van der Waals surface area contributed by atoms with Crippen molar-refractivity contribution in [2.45, 2.75) is 46.2 Å². The number of nitrogens with one attached hydrogen (secondary N) is 1. The van der Waals surface area contributed by atoms with Gasteiger partial charge in [0.2, 0.25) is 0 Å². The minimum absolute atomic E-state index is 0.150. The Morgan fingerprint density at radius 1 is 1.35 bits per heavy atom. The molecule has 0 aromatic heterocycles. The van der Waals surface area contributed by atoms with Crippen LogP contribution in [-0.4, -0.2) is 6.04 Å². The molecule has 2 unspecified atom stereocenters. The second-order valence-electron chi connectivity index (χ2n) is 4.77. The largest absolute Gasteiger partial charge is 0.310 e. The lowest BCUT2D eigenvalue weighted by Gasteiger charge is -2.17. The third-order valence-corrected chi connectivity index (χ3v) is 3.60. The Bertz CT molecular complexity index is 354. The van der Waals surface area contributed by atoms with Gasteiger partial charge in [-0.25, -0.2) is 4.39 Å². The average molecular weight is 302 g/mol. The highest BCUT2D eigenvalue weighted by molar-refractivity contribution is 9.10. The molecule has 0 saturated carbocycles.